The van der Waals surface area contributed by atoms with Crippen LogP contribution < -0.4 is 0 Å². The summed E-state index contributed by atoms with van der Waals surface area (Å²) in [6.45, 7) is 3.51. The Morgan fingerprint density at radius 2 is 1.88 bits per heavy atom. The van der Waals surface area contributed by atoms with Crippen LogP contribution in [0.25, 0.3) is 0 Å². The summed E-state index contributed by atoms with van der Waals surface area (Å²) >= 11 is 6.18. The molecule has 1 aliphatic carbocycles. The summed E-state index contributed by atoms with van der Waals surface area (Å²) in [4.78, 5) is 0. The molecule has 2 unspecified atom stereocenters. The van der Waals surface area contributed by atoms with Gasteiger partial charge < -0.3 is 0 Å². The fraction of sp³-hybridized carbons (Fsp3) is 1.00. The van der Waals surface area contributed by atoms with Crippen LogP contribution in [0.1, 0.15) is 52.4 Å². The number of rotatable bonds is 4. The molecule has 1 saturated carbocycles. The molecular formula is C12H23ClO2S. The highest BCUT2D eigenvalue weighted by molar-refractivity contribution is 7.91. The summed E-state index contributed by atoms with van der Waals surface area (Å²) < 4.78 is 23.4. The Kier molecular flexibility index (Phi) is 5.58. The SMILES string of the molecule is CC(C)S(=O)(=O)CCC1CCCCC(Cl)C1. The Bertz CT molecular complexity index is 298. The predicted molar refractivity (Wildman–Crippen MR) is 69.8 cm³/mol. The first kappa shape index (κ1) is 14.3. The minimum absolute atomic E-state index is 0.245. The van der Waals surface area contributed by atoms with Crippen LogP contribution >= 0.6 is 11.6 Å². The maximum absolute atomic E-state index is 11.7. The minimum Gasteiger partial charge on any atom is -0.229 e. The molecule has 0 aliphatic heterocycles. The molecule has 0 saturated heterocycles. The quantitative estimate of drug-likeness (QED) is 0.577. The maximum Gasteiger partial charge on any atom is 0.152 e. The van der Waals surface area contributed by atoms with E-state index in [0.717, 1.165) is 25.7 Å². The molecule has 0 aromatic rings. The van der Waals surface area contributed by atoms with E-state index in [4.69, 9.17) is 11.6 Å². The van der Waals surface area contributed by atoms with E-state index < -0.39 is 9.84 Å². The molecule has 0 radical (unpaired) electrons. The van der Waals surface area contributed by atoms with Gasteiger partial charge in [-0.05, 0) is 39.0 Å². The fourth-order valence-electron chi connectivity index (χ4n) is 2.23. The van der Waals surface area contributed by atoms with E-state index in [-0.39, 0.29) is 10.6 Å². The van der Waals surface area contributed by atoms with Crippen LogP contribution in [0.15, 0.2) is 0 Å². The second-order valence-corrected chi connectivity index (χ2v) is 8.48. The van der Waals surface area contributed by atoms with Crippen molar-refractivity contribution in [2.24, 2.45) is 5.92 Å². The van der Waals surface area contributed by atoms with Gasteiger partial charge in [0.05, 0.1) is 11.0 Å². The van der Waals surface area contributed by atoms with Crippen molar-refractivity contribution in [3.63, 3.8) is 0 Å². The van der Waals surface area contributed by atoms with Crippen LogP contribution in [0.4, 0.5) is 0 Å². The van der Waals surface area contributed by atoms with E-state index in [9.17, 15) is 8.42 Å². The summed E-state index contributed by atoms with van der Waals surface area (Å²) in [6.07, 6.45) is 6.43. The lowest BCUT2D eigenvalue weighted by molar-refractivity contribution is 0.446. The molecule has 96 valence electrons. The second kappa shape index (κ2) is 6.25. The van der Waals surface area contributed by atoms with Crippen molar-refractivity contribution in [3.05, 3.63) is 0 Å². The Balaban J connectivity index is 2.42. The molecule has 16 heavy (non-hydrogen) atoms. The molecule has 0 N–H and O–H groups in total. The summed E-state index contributed by atoms with van der Waals surface area (Å²) in [5, 5.41) is 0.0133. The van der Waals surface area contributed by atoms with Gasteiger partial charge >= 0.3 is 0 Å². The van der Waals surface area contributed by atoms with Crippen molar-refractivity contribution < 1.29 is 8.42 Å². The Hall–Kier alpha value is 0.240. The summed E-state index contributed by atoms with van der Waals surface area (Å²) in [7, 11) is -2.87. The van der Waals surface area contributed by atoms with Gasteiger partial charge in [-0.15, -0.1) is 11.6 Å². The van der Waals surface area contributed by atoms with Crippen molar-refractivity contribution in [1.29, 1.82) is 0 Å². The smallest absolute Gasteiger partial charge is 0.152 e. The molecule has 2 nitrogen and oxygen atoms in total. The molecule has 1 fully saturated rings. The molecule has 2 atom stereocenters. The van der Waals surface area contributed by atoms with Gasteiger partial charge in [0.15, 0.2) is 9.84 Å². The van der Waals surface area contributed by atoms with Crippen LogP contribution in [0.3, 0.4) is 0 Å². The minimum atomic E-state index is -2.87. The Labute approximate surface area is 105 Å². The monoisotopic (exact) mass is 266 g/mol. The zero-order valence-corrected chi connectivity index (χ0v) is 11.9. The summed E-state index contributed by atoms with van der Waals surface area (Å²) in [5.41, 5.74) is 0. The van der Waals surface area contributed by atoms with Crippen molar-refractivity contribution in [3.8, 4) is 0 Å². The van der Waals surface area contributed by atoms with Gasteiger partial charge in [0.2, 0.25) is 0 Å². The zero-order valence-electron chi connectivity index (χ0n) is 10.3. The Morgan fingerprint density at radius 3 is 2.50 bits per heavy atom. The first-order valence-corrected chi connectivity index (χ1v) is 8.42. The average molecular weight is 267 g/mol. The molecule has 0 bridgehead atoms. The van der Waals surface area contributed by atoms with Gasteiger partial charge in [0.1, 0.15) is 0 Å². The second-order valence-electron chi connectivity index (χ2n) is 5.19. The zero-order chi connectivity index (χ0) is 12.2. The summed E-state index contributed by atoms with van der Waals surface area (Å²) in [5.74, 6) is 0.845. The molecule has 0 aromatic carbocycles. The fourth-order valence-corrected chi connectivity index (χ4v) is 3.76. The van der Waals surface area contributed by atoms with Crippen molar-refractivity contribution >= 4 is 21.4 Å². The predicted octanol–water partition coefficient (Wildman–Crippen LogP) is 3.39. The molecular weight excluding hydrogens is 244 g/mol. The van der Waals surface area contributed by atoms with Gasteiger partial charge in [-0.2, -0.15) is 0 Å². The molecule has 0 spiro atoms. The molecule has 0 aromatic heterocycles. The lowest BCUT2D eigenvalue weighted by atomic mass is 9.98. The van der Waals surface area contributed by atoms with Crippen LogP contribution in [-0.4, -0.2) is 24.8 Å². The molecule has 1 rings (SSSR count). The Morgan fingerprint density at radius 1 is 1.25 bits per heavy atom. The van der Waals surface area contributed by atoms with E-state index >= 15 is 0 Å². The van der Waals surface area contributed by atoms with E-state index in [1.165, 1.54) is 12.8 Å². The highest BCUT2D eigenvalue weighted by Crippen LogP contribution is 2.29. The van der Waals surface area contributed by atoms with Crippen LogP contribution in [0.2, 0.25) is 0 Å². The number of alkyl halides is 1. The van der Waals surface area contributed by atoms with Crippen molar-refractivity contribution in [1.82, 2.24) is 0 Å². The first-order valence-electron chi connectivity index (χ1n) is 6.27. The average Bonchev–Trinajstić information content (AvgIpc) is 2.39. The third-order valence-electron chi connectivity index (χ3n) is 3.50. The number of hydrogen-bond acceptors (Lipinski definition) is 2. The number of hydrogen-bond donors (Lipinski definition) is 0. The van der Waals surface area contributed by atoms with Gasteiger partial charge in [0, 0.05) is 5.38 Å². The normalized spacial score (nSPS) is 28.0. The lowest BCUT2D eigenvalue weighted by Crippen LogP contribution is -2.20. The van der Waals surface area contributed by atoms with E-state index in [1.54, 1.807) is 13.8 Å². The topological polar surface area (TPSA) is 34.1 Å². The third kappa shape index (κ3) is 4.62. The highest BCUT2D eigenvalue weighted by Gasteiger charge is 2.22. The third-order valence-corrected chi connectivity index (χ3v) is 6.14. The van der Waals surface area contributed by atoms with Gasteiger partial charge in [-0.1, -0.05) is 19.3 Å². The van der Waals surface area contributed by atoms with E-state index in [0.29, 0.717) is 11.7 Å². The highest BCUT2D eigenvalue weighted by atomic mass is 35.5. The van der Waals surface area contributed by atoms with Gasteiger partial charge in [-0.25, -0.2) is 8.42 Å². The standard InChI is InChI=1S/C12H23ClO2S/c1-10(2)16(14,15)8-7-11-5-3-4-6-12(13)9-11/h10-12H,3-9H2,1-2H3. The molecule has 4 heteroatoms. The van der Waals surface area contributed by atoms with Crippen LogP contribution in [0, 0.1) is 5.92 Å². The van der Waals surface area contributed by atoms with Crippen molar-refractivity contribution in [2.75, 3.05) is 5.75 Å². The molecule has 1 aliphatic rings. The van der Waals surface area contributed by atoms with Gasteiger partial charge in [-0.3, -0.25) is 0 Å². The summed E-state index contributed by atoms with van der Waals surface area (Å²) in [6, 6.07) is 0. The van der Waals surface area contributed by atoms with Gasteiger partial charge in [0.25, 0.3) is 0 Å². The number of sulfone groups is 1. The first-order chi connectivity index (χ1) is 7.42. The maximum atomic E-state index is 11.7. The largest absolute Gasteiger partial charge is 0.229 e. The lowest BCUT2D eigenvalue weighted by Gasteiger charge is -2.16. The van der Waals surface area contributed by atoms with Crippen LogP contribution in [0.5, 0.6) is 0 Å². The molecule has 0 amide bonds. The number of halogens is 1. The van der Waals surface area contributed by atoms with Crippen molar-refractivity contribution in [2.45, 2.75) is 63.0 Å². The van der Waals surface area contributed by atoms with Crippen LogP contribution in [-0.2, 0) is 9.84 Å². The van der Waals surface area contributed by atoms with E-state index in [2.05, 4.69) is 0 Å². The molecule has 0 heterocycles. The van der Waals surface area contributed by atoms with E-state index in [1.807, 2.05) is 0 Å².